The van der Waals surface area contributed by atoms with Gasteiger partial charge in [-0.05, 0) is 117 Å². The summed E-state index contributed by atoms with van der Waals surface area (Å²) in [6, 6.07) is 60.7. The second-order valence-corrected chi connectivity index (χ2v) is 15.2. The zero-order valence-corrected chi connectivity index (χ0v) is 31.5. The Hall–Kier alpha value is -8.02. The van der Waals surface area contributed by atoms with Crippen molar-refractivity contribution < 1.29 is 25.5 Å². The number of phenols is 5. The summed E-state index contributed by atoms with van der Waals surface area (Å²) in [5.41, 5.74) is 8.37. The first-order valence-corrected chi connectivity index (χ1v) is 19.5. The molecule has 0 aliphatic carbocycles. The van der Waals surface area contributed by atoms with E-state index in [9.17, 15) is 25.5 Å². The summed E-state index contributed by atoms with van der Waals surface area (Å²) in [6.45, 7) is 0. The Morgan fingerprint density at radius 3 is 1.42 bits per heavy atom. The molecule has 11 aromatic carbocycles. The van der Waals surface area contributed by atoms with E-state index >= 15 is 0 Å². The van der Waals surface area contributed by atoms with E-state index < -0.39 is 28.7 Å². The zero-order chi connectivity index (χ0) is 39.9. The van der Waals surface area contributed by atoms with Crippen LogP contribution in [-0.2, 0) is 0 Å². The molecular formula is C54H34O5. The minimum atomic E-state index is -1.00. The maximum absolute atomic E-state index is 11.3. The SMILES string of the molecule is Oc1c(O)c(O)c(-c2c3ccccc3c(-c3cccc(-c4cccc(-c5ccc6ccc7cccc8ccc5c6c78)c4)c3)c3ccc(-c4ccccc4)cc23)c(O)c1O. The molecule has 0 bridgehead atoms. The molecule has 11 aromatic rings. The van der Waals surface area contributed by atoms with Gasteiger partial charge < -0.3 is 25.5 Å². The van der Waals surface area contributed by atoms with Crippen LogP contribution in [0.25, 0.3) is 109 Å². The number of phenolic OH excluding ortho intramolecular Hbond substituents is 5. The van der Waals surface area contributed by atoms with Crippen LogP contribution in [0, 0.1) is 0 Å². The van der Waals surface area contributed by atoms with Crippen LogP contribution in [0.1, 0.15) is 0 Å². The third kappa shape index (κ3) is 5.18. The molecule has 11 rings (SSSR count). The Labute approximate surface area is 338 Å². The Balaban J connectivity index is 1.13. The van der Waals surface area contributed by atoms with E-state index in [1.165, 1.54) is 37.9 Å². The van der Waals surface area contributed by atoms with Crippen LogP contribution in [-0.4, -0.2) is 25.5 Å². The monoisotopic (exact) mass is 762 g/mol. The highest BCUT2D eigenvalue weighted by Crippen LogP contribution is 2.58. The normalized spacial score (nSPS) is 11.7. The second-order valence-electron chi connectivity index (χ2n) is 15.2. The van der Waals surface area contributed by atoms with E-state index in [2.05, 4.69) is 109 Å². The van der Waals surface area contributed by atoms with Crippen molar-refractivity contribution in [3.05, 3.63) is 176 Å². The molecule has 0 radical (unpaired) electrons. The van der Waals surface area contributed by atoms with Gasteiger partial charge in [0.1, 0.15) is 0 Å². The van der Waals surface area contributed by atoms with Crippen LogP contribution < -0.4 is 0 Å². The zero-order valence-electron chi connectivity index (χ0n) is 31.5. The van der Waals surface area contributed by atoms with Crippen LogP contribution in [0.4, 0.5) is 0 Å². The molecule has 0 amide bonds. The van der Waals surface area contributed by atoms with E-state index in [4.69, 9.17) is 0 Å². The summed E-state index contributed by atoms with van der Waals surface area (Å²) in [5, 5.41) is 65.0. The lowest BCUT2D eigenvalue weighted by Crippen LogP contribution is -1.93. The molecule has 0 unspecified atom stereocenters. The molecule has 0 aromatic heterocycles. The van der Waals surface area contributed by atoms with Gasteiger partial charge in [0.05, 0.1) is 5.56 Å². The third-order valence-electron chi connectivity index (χ3n) is 11.9. The summed E-state index contributed by atoms with van der Waals surface area (Å²) in [6.07, 6.45) is 0. The Kier molecular flexibility index (Phi) is 7.56. The minimum absolute atomic E-state index is 0.187. The van der Waals surface area contributed by atoms with Crippen LogP contribution >= 0.6 is 0 Å². The molecule has 5 nitrogen and oxygen atoms in total. The predicted octanol–water partition coefficient (Wildman–Crippen LogP) is 13.8. The van der Waals surface area contributed by atoms with Gasteiger partial charge in [0, 0.05) is 5.56 Å². The quantitative estimate of drug-likeness (QED) is 0.0520. The van der Waals surface area contributed by atoms with Crippen LogP contribution in [0.5, 0.6) is 28.7 Å². The summed E-state index contributed by atoms with van der Waals surface area (Å²) in [5.74, 6) is -4.33. The lowest BCUT2D eigenvalue weighted by Gasteiger charge is -2.21. The average Bonchev–Trinajstić information content (AvgIpc) is 3.29. The number of benzene rings is 11. The fourth-order valence-corrected chi connectivity index (χ4v) is 9.20. The van der Waals surface area contributed by atoms with Gasteiger partial charge in [-0.1, -0.05) is 158 Å². The maximum atomic E-state index is 11.3. The van der Waals surface area contributed by atoms with Gasteiger partial charge in [-0.3, -0.25) is 0 Å². The molecule has 0 fully saturated rings. The second kappa shape index (κ2) is 13.0. The first-order chi connectivity index (χ1) is 28.9. The van der Waals surface area contributed by atoms with Gasteiger partial charge in [0.25, 0.3) is 0 Å². The van der Waals surface area contributed by atoms with Gasteiger partial charge in [-0.25, -0.2) is 0 Å². The van der Waals surface area contributed by atoms with Crippen molar-refractivity contribution in [2.75, 3.05) is 0 Å². The van der Waals surface area contributed by atoms with Crippen molar-refractivity contribution in [3.8, 4) is 84.4 Å². The fraction of sp³-hybridized carbons (Fsp3) is 0. The highest BCUT2D eigenvalue weighted by molar-refractivity contribution is 6.26. The Morgan fingerprint density at radius 1 is 0.237 bits per heavy atom. The van der Waals surface area contributed by atoms with Crippen molar-refractivity contribution in [2.24, 2.45) is 0 Å². The lowest BCUT2D eigenvalue weighted by molar-refractivity contribution is 0.330. The van der Waals surface area contributed by atoms with E-state index in [-0.39, 0.29) is 5.56 Å². The summed E-state index contributed by atoms with van der Waals surface area (Å²) >= 11 is 0. The molecule has 5 N–H and O–H groups in total. The minimum Gasteiger partial charge on any atom is -0.504 e. The molecule has 5 heteroatoms. The summed E-state index contributed by atoms with van der Waals surface area (Å²) in [7, 11) is 0. The molecule has 59 heavy (non-hydrogen) atoms. The molecule has 0 saturated carbocycles. The molecule has 0 spiro atoms. The largest absolute Gasteiger partial charge is 0.504 e. The van der Waals surface area contributed by atoms with Gasteiger partial charge in [-0.2, -0.15) is 0 Å². The van der Waals surface area contributed by atoms with Crippen molar-refractivity contribution in [2.45, 2.75) is 0 Å². The molecule has 0 heterocycles. The van der Waals surface area contributed by atoms with E-state index in [0.29, 0.717) is 16.3 Å². The smallest absolute Gasteiger partial charge is 0.208 e. The lowest BCUT2D eigenvalue weighted by atomic mass is 9.83. The number of aromatic hydroxyl groups is 5. The van der Waals surface area contributed by atoms with Gasteiger partial charge >= 0.3 is 0 Å². The van der Waals surface area contributed by atoms with Crippen molar-refractivity contribution in [1.29, 1.82) is 0 Å². The molecular weight excluding hydrogens is 729 g/mol. The van der Waals surface area contributed by atoms with Crippen molar-refractivity contribution in [3.63, 3.8) is 0 Å². The predicted molar refractivity (Wildman–Crippen MR) is 241 cm³/mol. The number of hydrogen-bond donors (Lipinski definition) is 5. The summed E-state index contributed by atoms with van der Waals surface area (Å²) in [4.78, 5) is 0. The first kappa shape index (κ1) is 34.2. The topological polar surface area (TPSA) is 101 Å². The van der Waals surface area contributed by atoms with E-state index in [1.807, 2.05) is 66.7 Å². The van der Waals surface area contributed by atoms with Crippen molar-refractivity contribution in [1.82, 2.24) is 0 Å². The van der Waals surface area contributed by atoms with Crippen molar-refractivity contribution >= 4 is 53.9 Å². The van der Waals surface area contributed by atoms with Gasteiger partial charge in [-0.15, -0.1) is 0 Å². The number of fused-ring (bicyclic) bond motifs is 2. The third-order valence-corrected chi connectivity index (χ3v) is 11.9. The fourth-order valence-electron chi connectivity index (χ4n) is 9.20. The Bertz CT molecular complexity index is 3450. The highest BCUT2D eigenvalue weighted by Gasteiger charge is 2.28. The molecule has 0 saturated heterocycles. The molecule has 0 atom stereocenters. The van der Waals surface area contributed by atoms with Crippen LogP contribution in [0.15, 0.2) is 176 Å². The standard InChI is InChI=1S/C54H34O5/c55-50-49(51(56)53(58)54(59)52(50)57)48-41-18-5-4-17-40(41)46(43-26-23-36(29-44(43)48)30-9-2-1-3-10-30)38-16-8-14-35(28-38)34-13-7-15-37(27-34)39-24-21-33-20-19-31-11-6-12-32-22-25-42(39)47(33)45(31)32/h1-29,55-59H. The van der Waals surface area contributed by atoms with E-state index in [0.717, 1.165) is 49.7 Å². The molecule has 0 aliphatic rings. The van der Waals surface area contributed by atoms with Gasteiger partial charge in [0.2, 0.25) is 17.2 Å². The Morgan fingerprint density at radius 2 is 0.712 bits per heavy atom. The highest BCUT2D eigenvalue weighted by atomic mass is 16.4. The first-order valence-electron chi connectivity index (χ1n) is 19.5. The number of rotatable bonds is 5. The molecule has 0 aliphatic heterocycles. The van der Waals surface area contributed by atoms with Crippen LogP contribution in [0.2, 0.25) is 0 Å². The summed E-state index contributed by atoms with van der Waals surface area (Å²) < 4.78 is 0. The molecule has 280 valence electrons. The number of hydrogen-bond acceptors (Lipinski definition) is 5. The average molecular weight is 763 g/mol. The van der Waals surface area contributed by atoms with Crippen LogP contribution in [0.3, 0.4) is 0 Å². The maximum Gasteiger partial charge on any atom is 0.208 e. The van der Waals surface area contributed by atoms with Gasteiger partial charge in [0.15, 0.2) is 11.5 Å². The van der Waals surface area contributed by atoms with E-state index in [1.54, 1.807) is 0 Å².